The van der Waals surface area contributed by atoms with Crippen LogP contribution >= 0.6 is 15.9 Å². The lowest BCUT2D eigenvalue weighted by atomic mass is 10.4. The molecular weight excluding hydrogens is 218 g/mol. The Morgan fingerprint density at radius 1 is 1.33 bits per heavy atom. The highest BCUT2D eigenvalue weighted by Crippen LogP contribution is 2.19. The van der Waals surface area contributed by atoms with Gasteiger partial charge >= 0.3 is 0 Å². The molecule has 0 aliphatic carbocycles. The standard InChI is InChI=1S/C8H10BrN3/c9-7-5-8(11-10-6-7)12-3-1-2-4-12/h5-6H,1-4H2. The highest BCUT2D eigenvalue weighted by molar-refractivity contribution is 9.10. The minimum absolute atomic E-state index is 0.988. The number of hydrogen-bond donors (Lipinski definition) is 0. The lowest BCUT2D eigenvalue weighted by Gasteiger charge is -2.14. The third-order valence-corrected chi connectivity index (χ3v) is 2.47. The number of rotatable bonds is 1. The van der Waals surface area contributed by atoms with E-state index in [4.69, 9.17) is 0 Å². The first-order valence-electron chi connectivity index (χ1n) is 4.09. The van der Waals surface area contributed by atoms with E-state index < -0.39 is 0 Å². The molecule has 1 aromatic rings. The fraction of sp³-hybridized carbons (Fsp3) is 0.500. The Labute approximate surface area is 79.9 Å². The van der Waals surface area contributed by atoms with Crippen LogP contribution in [0.5, 0.6) is 0 Å². The molecular formula is C8H10BrN3. The molecule has 0 aromatic carbocycles. The molecule has 1 fully saturated rings. The van der Waals surface area contributed by atoms with Crippen molar-refractivity contribution in [3.05, 3.63) is 16.7 Å². The predicted octanol–water partition coefficient (Wildman–Crippen LogP) is 1.84. The molecule has 1 saturated heterocycles. The van der Waals surface area contributed by atoms with Crippen molar-refractivity contribution in [3.63, 3.8) is 0 Å². The minimum atomic E-state index is 0.988. The average Bonchev–Trinajstić information content (AvgIpc) is 2.56. The van der Waals surface area contributed by atoms with Crippen LogP contribution in [0.15, 0.2) is 16.7 Å². The van der Waals surface area contributed by atoms with Crippen LogP contribution in [0.1, 0.15) is 12.8 Å². The lowest BCUT2D eigenvalue weighted by molar-refractivity contribution is 0.890. The first kappa shape index (κ1) is 7.98. The summed E-state index contributed by atoms with van der Waals surface area (Å²) >= 11 is 3.38. The summed E-state index contributed by atoms with van der Waals surface area (Å²) in [6.45, 7) is 2.23. The lowest BCUT2D eigenvalue weighted by Crippen LogP contribution is -2.19. The van der Waals surface area contributed by atoms with Gasteiger partial charge in [0.25, 0.3) is 0 Å². The SMILES string of the molecule is Brc1cnnc(N2CCCC2)c1. The molecule has 4 heteroatoms. The summed E-state index contributed by atoms with van der Waals surface area (Å²) < 4.78 is 0.999. The van der Waals surface area contributed by atoms with Crippen LogP contribution in [0.2, 0.25) is 0 Å². The molecule has 1 aliphatic rings. The van der Waals surface area contributed by atoms with Crippen molar-refractivity contribution in [3.8, 4) is 0 Å². The second-order valence-corrected chi connectivity index (χ2v) is 3.84. The van der Waals surface area contributed by atoms with Gasteiger partial charge in [-0.15, -0.1) is 5.10 Å². The summed E-state index contributed by atoms with van der Waals surface area (Å²) in [6.07, 6.45) is 4.25. The van der Waals surface area contributed by atoms with Gasteiger partial charge in [0, 0.05) is 17.6 Å². The Morgan fingerprint density at radius 3 is 2.75 bits per heavy atom. The first-order valence-corrected chi connectivity index (χ1v) is 4.89. The first-order chi connectivity index (χ1) is 5.86. The Morgan fingerprint density at radius 2 is 2.08 bits per heavy atom. The average molecular weight is 228 g/mol. The maximum absolute atomic E-state index is 4.07. The number of aromatic nitrogens is 2. The van der Waals surface area contributed by atoms with Crippen LogP contribution in [-0.2, 0) is 0 Å². The molecule has 0 unspecified atom stereocenters. The van der Waals surface area contributed by atoms with Gasteiger partial charge in [-0.05, 0) is 34.8 Å². The molecule has 0 N–H and O–H groups in total. The van der Waals surface area contributed by atoms with Gasteiger partial charge in [-0.25, -0.2) is 0 Å². The molecule has 2 heterocycles. The quantitative estimate of drug-likeness (QED) is 0.734. The van der Waals surface area contributed by atoms with Crippen LogP contribution in [0.25, 0.3) is 0 Å². The Kier molecular flexibility index (Phi) is 2.26. The van der Waals surface area contributed by atoms with Crippen molar-refractivity contribution in [2.45, 2.75) is 12.8 Å². The van der Waals surface area contributed by atoms with Gasteiger partial charge in [0.15, 0.2) is 5.82 Å². The minimum Gasteiger partial charge on any atom is -0.355 e. The fourth-order valence-electron chi connectivity index (χ4n) is 1.43. The van der Waals surface area contributed by atoms with Gasteiger partial charge < -0.3 is 4.90 Å². The van der Waals surface area contributed by atoms with E-state index in [1.807, 2.05) is 6.07 Å². The molecule has 64 valence electrons. The Hall–Kier alpha value is -0.640. The summed E-state index contributed by atoms with van der Waals surface area (Å²) in [6, 6.07) is 2.01. The van der Waals surface area contributed by atoms with Crippen molar-refractivity contribution in [2.75, 3.05) is 18.0 Å². The zero-order chi connectivity index (χ0) is 8.39. The van der Waals surface area contributed by atoms with Gasteiger partial charge in [-0.3, -0.25) is 0 Å². The third kappa shape index (κ3) is 1.58. The number of hydrogen-bond acceptors (Lipinski definition) is 3. The van der Waals surface area contributed by atoms with E-state index in [0.717, 1.165) is 23.4 Å². The summed E-state index contributed by atoms with van der Waals surface area (Å²) in [7, 11) is 0. The van der Waals surface area contributed by atoms with E-state index in [9.17, 15) is 0 Å². The highest BCUT2D eigenvalue weighted by atomic mass is 79.9. The van der Waals surface area contributed by atoms with Crippen molar-refractivity contribution in [1.29, 1.82) is 0 Å². The van der Waals surface area contributed by atoms with Gasteiger partial charge in [0.1, 0.15) is 0 Å². The van der Waals surface area contributed by atoms with E-state index in [0.29, 0.717) is 0 Å². The summed E-state index contributed by atoms with van der Waals surface area (Å²) in [4.78, 5) is 2.26. The second-order valence-electron chi connectivity index (χ2n) is 2.93. The van der Waals surface area contributed by atoms with Crippen LogP contribution in [0.3, 0.4) is 0 Å². The molecule has 0 amide bonds. The monoisotopic (exact) mass is 227 g/mol. The van der Waals surface area contributed by atoms with Crippen LogP contribution in [0.4, 0.5) is 5.82 Å². The van der Waals surface area contributed by atoms with Crippen LogP contribution < -0.4 is 4.90 Å². The smallest absolute Gasteiger partial charge is 0.152 e. The number of nitrogens with zero attached hydrogens (tertiary/aromatic N) is 3. The van der Waals surface area contributed by atoms with Crippen molar-refractivity contribution in [1.82, 2.24) is 10.2 Å². The molecule has 0 radical (unpaired) electrons. The Balaban J connectivity index is 2.21. The Bertz CT molecular complexity index is 271. The fourth-order valence-corrected chi connectivity index (χ4v) is 1.73. The van der Waals surface area contributed by atoms with Gasteiger partial charge in [-0.1, -0.05) is 0 Å². The highest BCUT2D eigenvalue weighted by Gasteiger charge is 2.13. The molecule has 1 aliphatic heterocycles. The molecule has 0 bridgehead atoms. The zero-order valence-corrected chi connectivity index (χ0v) is 8.29. The second kappa shape index (κ2) is 3.39. The molecule has 1 aromatic heterocycles. The van der Waals surface area contributed by atoms with Crippen molar-refractivity contribution < 1.29 is 0 Å². The molecule has 0 atom stereocenters. The molecule has 2 rings (SSSR count). The van der Waals surface area contributed by atoms with E-state index >= 15 is 0 Å². The van der Waals surface area contributed by atoms with Gasteiger partial charge in [0.2, 0.25) is 0 Å². The van der Waals surface area contributed by atoms with Crippen LogP contribution in [0, 0.1) is 0 Å². The molecule has 3 nitrogen and oxygen atoms in total. The van der Waals surface area contributed by atoms with Crippen molar-refractivity contribution in [2.24, 2.45) is 0 Å². The van der Waals surface area contributed by atoms with Gasteiger partial charge in [-0.2, -0.15) is 5.10 Å². The maximum atomic E-state index is 4.07. The summed E-state index contributed by atoms with van der Waals surface area (Å²) in [5.41, 5.74) is 0. The van der Waals surface area contributed by atoms with Crippen molar-refractivity contribution >= 4 is 21.7 Å². The summed E-state index contributed by atoms with van der Waals surface area (Å²) in [5, 5.41) is 7.96. The van der Waals surface area contributed by atoms with E-state index in [1.54, 1.807) is 6.20 Å². The molecule has 0 saturated carbocycles. The molecule has 0 spiro atoms. The molecule has 12 heavy (non-hydrogen) atoms. The maximum Gasteiger partial charge on any atom is 0.152 e. The van der Waals surface area contributed by atoms with Crippen LogP contribution in [-0.4, -0.2) is 23.3 Å². The van der Waals surface area contributed by atoms with E-state index in [1.165, 1.54) is 12.8 Å². The topological polar surface area (TPSA) is 29.0 Å². The van der Waals surface area contributed by atoms with E-state index in [2.05, 4.69) is 31.0 Å². The zero-order valence-electron chi connectivity index (χ0n) is 6.70. The number of anilines is 1. The predicted molar refractivity (Wildman–Crippen MR) is 51.2 cm³/mol. The number of halogens is 1. The largest absolute Gasteiger partial charge is 0.355 e. The van der Waals surface area contributed by atoms with Gasteiger partial charge in [0.05, 0.1) is 6.20 Å². The normalized spacial score (nSPS) is 16.9. The third-order valence-electron chi connectivity index (χ3n) is 2.04. The summed E-state index contributed by atoms with van der Waals surface area (Å²) in [5.74, 6) is 0.988. The van der Waals surface area contributed by atoms with E-state index in [-0.39, 0.29) is 0 Å².